The molecule has 2 aromatic carbocycles. The van der Waals surface area contributed by atoms with E-state index in [4.69, 9.17) is 4.42 Å². The van der Waals surface area contributed by atoms with Crippen LogP contribution in [0.15, 0.2) is 65.2 Å². The minimum absolute atomic E-state index is 0.129. The smallest absolute Gasteiger partial charge is 0.320 e. The van der Waals surface area contributed by atoms with Crippen molar-refractivity contribution in [2.75, 3.05) is 48.8 Å². The summed E-state index contributed by atoms with van der Waals surface area (Å²) in [6.45, 7) is 3.88. The van der Waals surface area contributed by atoms with Crippen LogP contribution >= 0.6 is 0 Å². The molecule has 3 heterocycles. The molecule has 0 atom stereocenters. The van der Waals surface area contributed by atoms with E-state index in [1.54, 1.807) is 6.20 Å². The Morgan fingerprint density at radius 3 is 2.59 bits per heavy atom. The van der Waals surface area contributed by atoms with Gasteiger partial charge in [0.2, 0.25) is 0 Å². The normalized spacial score (nSPS) is 14.5. The molecule has 1 amide bonds. The molecule has 32 heavy (non-hydrogen) atoms. The lowest BCUT2D eigenvalue weighted by molar-refractivity contribution is 0.0991. The minimum atomic E-state index is -0.488. The lowest BCUT2D eigenvalue weighted by Crippen LogP contribution is -2.44. The summed E-state index contributed by atoms with van der Waals surface area (Å²) in [6, 6.07) is 17.7. The Balaban J connectivity index is 1.24. The maximum atomic E-state index is 12.5. The van der Waals surface area contributed by atoms with Crippen LogP contribution in [0.25, 0.3) is 10.8 Å². The predicted octanol–water partition coefficient (Wildman–Crippen LogP) is 3.37. The molecule has 1 saturated heterocycles. The van der Waals surface area contributed by atoms with Gasteiger partial charge in [-0.05, 0) is 30.6 Å². The van der Waals surface area contributed by atoms with Gasteiger partial charge in [-0.15, -0.1) is 5.10 Å². The van der Waals surface area contributed by atoms with Crippen molar-refractivity contribution in [2.45, 2.75) is 0 Å². The van der Waals surface area contributed by atoms with Gasteiger partial charge in [0.05, 0.1) is 17.6 Å². The Morgan fingerprint density at radius 1 is 0.969 bits per heavy atom. The number of hydrogen-bond acceptors (Lipinski definition) is 8. The third kappa shape index (κ3) is 4.23. The average molecular weight is 429 g/mol. The molecule has 0 aliphatic carbocycles. The molecule has 1 aliphatic heterocycles. The number of likely N-dealkylation sites (N-methyl/N-ethyl adjacent to an activating group) is 1. The second-order valence-electron chi connectivity index (χ2n) is 7.71. The van der Waals surface area contributed by atoms with Crippen LogP contribution in [0, 0.1) is 0 Å². The number of hydrogen-bond donors (Lipinski definition) is 2. The molecular formula is C23H23N7O2. The van der Waals surface area contributed by atoms with Gasteiger partial charge in [-0.2, -0.15) is 0 Å². The number of benzene rings is 2. The van der Waals surface area contributed by atoms with E-state index in [1.807, 2.05) is 54.6 Å². The Labute approximate surface area is 185 Å². The molecule has 9 nitrogen and oxygen atoms in total. The zero-order valence-corrected chi connectivity index (χ0v) is 17.7. The molecule has 0 saturated carbocycles. The van der Waals surface area contributed by atoms with Crippen LogP contribution in [0.2, 0.25) is 0 Å². The molecule has 1 fully saturated rings. The van der Waals surface area contributed by atoms with Gasteiger partial charge in [-0.3, -0.25) is 4.79 Å². The highest BCUT2D eigenvalue weighted by Gasteiger charge is 2.18. The predicted molar refractivity (Wildman–Crippen MR) is 123 cm³/mol. The van der Waals surface area contributed by atoms with Crippen molar-refractivity contribution in [3.8, 4) is 0 Å². The van der Waals surface area contributed by atoms with Crippen molar-refractivity contribution in [3.05, 3.63) is 66.7 Å². The van der Waals surface area contributed by atoms with Gasteiger partial charge in [0.25, 0.3) is 0 Å². The van der Waals surface area contributed by atoms with Crippen LogP contribution < -0.4 is 15.5 Å². The van der Waals surface area contributed by atoms with E-state index < -0.39 is 5.91 Å². The fraction of sp³-hybridized carbons (Fsp3) is 0.217. The molecule has 0 spiro atoms. The number of pyridine rings is 1. The number of carbonyl (C=O) groups excluding carboxylic acids is 1. The number of carbonyl (C=O) groups is 1. The monoisotopic (exact) mass is 429 g/mol. The first-order chi connectivity index (χ1) is 15.7. The van der Waals surface area contributed by atoms with Gasteiger partial charge < -0.3 is 24.9 Å². The van der Waals surface area contributed by atoms with Crippen LogP contribution in [-0.2, 0) is 0 Å². The lowest BCUT2D eigenvalue weighted by atomic mass is 10.1. The molecule has 5 rings (SSSR count). The summed E-state index contributed by atoms with van der Waals surface area (Å²) < 4.78 is 5.52. The van der Waals surface area contributed by atoms with E-state index in [1.165, 1.54) is 0 Å². The van der Waals surface area contributed by atoms with Gasteiger partial charge in [0.15, 0.2) is 0 Å². The largest absolute Gasteiger partial charge is 0.399 e. The Hall–Kier alpha value is -3.98. The topological polar surface area (TPSA) is 99.4 Å². The quantitative estimate of drug-likeness (QED) is 0.498. The van der Waals surface area contributed by atoms with E-state index in [-0.39, 0.29) is 11.9 Å². The summed E-state index contributed by atoms with van der Waals surface area (Å²) in [6.07, 6.45) is 1.64. The van der Waals surface area contributed by atoms with Crippen LogP contribution in [0.1, 0.15) is 10.7 Å². The van der Waals surface area contributed by atoms with Gasteiger partial charge in [-0.25, -0.2) is 4.98 Å². The first-order valence-electron chi connectivity index (χ1n) is 10.4. The van der Waals surface area contributed by atoms with Gasteiger partial charge in [-0.1, -0.05) is 41.5 Å². The number of fused-ring (bicyclic) bond motifs is 1. The lowest BCUT2D eigenvalue weighted by Gasteiger charge is -2.33. The highest BCUT2D eigenvalue weighted by molar-refractivity contribution is 6.01. The van der Waals surface area contributed by atoms with Crippen molar-refractivity contribution in [2.24, 2.45) is 0 Å². The second-order valence-corrected chi connectivity index (χ2v) is 7.71. The highest BCUT2D eigenvalue weighted by Crippen LogP contribution is 2.26. The SMILES string of the molecule is CN1CCN(c2ccc(NC(=O)c3nnc(Nc4cccc5ccccc45)o3)cn2)CC1. The van der Waals surface area contributed by atoms with Crippen molar-refractivity contribution < 1.29 is 9.21 Å². The molecule has 9 heteroatoms. The van der Waals surface area contributed by atoms with Crippen LogP contribution in [0.4, 0.5) is 23.2 Å². The van der Waals surface area contributed by atoms with E-state index >= 15 is 0 Å². The fourth-order valence-electron chi connectivity index (χ4n) is 3.68. The molecule has 0 unspecified atom stereocenters. The summed E-state index contributed by atoms with van der Waals surface area (Å²) in [5.74, 6) is 0.281. The summed E-state index contributed by atoms with van der Waals surface area (Å²) >= 11 is 0. The Morgan fingerprint density at radius 2 is 1.78 bits per heavy atom. The number of nitrogens with zero attached hydrogens (tertiary/aromatic N) is 5. The summed E-state index contributed by atoms with van der Waals surface area (Å²) in [7, 11) is 2.11. The number of piperazine rings is 1. The van der Waals surface area contributed by atoms with Crippen LogP contribution in [0.5, 0.6) is 0 Å². The minimum Gasteiger partial charge on any atom is -0.399 e. The number of aromatic nitrogens is 3. The zero-order chi connectivity index (χ0) is 21.9. The number of amides is 1. The fourth-order valence-corrected chi connectivity index (χ4v) is 3.68. The summed E-state index contributed by atoms with van der Waals surface area (Å²) in [5, 5.41) is 15.8. The second kappa shape index (κ2) is 8.64. The molecule has 162 valence electrons. The van der Waals surface area contributed by atoms with Crippen LogP contribution in [0.3, 0.4) is 0 Å². The zero-order valence-electron chi connectivity index (χ0n) is 17.7. The molecule has 0 radical (unpaired) electrons. The average Bonchev–Trinajstić information content (AvgIpc) is 3.29. The third-order valence-corrected chi connectivity index (χ3v) is 5.48. The maximum absolute atomic E-state index is 12.5. The third-order valence-electron chi connectivity index (χ3n) is 5.48. The van der Waals surface area contributed by atoms with Crippen molar-refractivity contribution in [1.29, 1.82) is 0 Å². The number of anilines is 4. The molecule has 1 aliphatic rings. The van der Waals surface area contributed by atoms with E-state index in [0.717, 1.165) is 48.5 Å². The van der Waals surface area contributed by atoms with E-state index in [2.05, 4.69) is 42.7 Å². The summed E-state index contributed by atoms with van der Waals surface area (Å²) in [5.41, 5.74) is 1.39. The standard InChI is InChI=1S/C23H23N7O2/c1-29-11-13-30(14-12-29)20-10-9-17(15-24-20)25-21(31)22-27-28-23(32-22)26-19-8-4-6-16-5-2-3-7-18(16)19/h2-10,15H,11-14H2,1H3,(H,25,31)(H,26,28). The van der Waals surface area contributed by atoms with E-state index in [9.17, 15) is 4.79 Å². The van der Waals surface area contributed by atoms with Crippen molar-refractivity contribution >= 4 is 39.9 Å². The Kier molecular flexibility index (Phi) is 5.39. The molecular weight excluding hydrogens is 406 g/mol. The van der Waals surface area contributed by atoms with Crippen molar-refractivity contribution in [3.63, 3.8) is 0 Å². The van der Waals surface area contributed by atoms with Crippen LogP contribution in [-0.4, -0.2) is 59.2 Å². The van der Waals surface area contributed by atoms with Crippen molar-refractivity contribution in [1.82, 2.24) is 20.1 Å². The first-order valence-corrected chi connectivity index (χ1v) is 10.4. The van der Waals surface area contributed by atoms with Gasteiger partial charge >= 0.3 is 17.8 Å². The van der Waals surface area contributed by atoms with Gasteiger partial charge in [0.1, 0.15) is 5.82 Å². The highest BCUT2D eigenvalue weighted by atomic mass is 16.4. The Bertz CT molecular complexity index is 1230. The molecule has 2 N–H and O–H groups in total. The molecule has 0 bridgehead atoms. The van der Waals surface area contributed by atoms with Gasteiger partial charge in [0, 0.05) is 31.6 Å². The maximum Gasteiger partial charge on any atom is 0.320 e. The summed E-state index contributed by atoms with van der Waals surface area (Å²) in [4.78, 5) is 21.5. The molecule has 4 aromatic rings. The number of rotatable bonds is 5. The van der Waals surface area contributed by atoms with E-state index in [0.29, 0.717) is 5.69 Å². The number of nitrogens with one attached hydrogen (secondary N) is 2. The molecule has 2 aromatic heterocycles. The first kappa shape index (κ1) is 20.0.